The van der Waals surface area contributed by atoms with Crippen molar-refractivity contribution in [2.45, 2.75) is 0 Å². The van der Waals surface area contributed by atoms with E-state index >= 15 is 0 Å². The van der Waals surface area contributed by atoms with Crippen LogP contribution >= 0.6 is 11.3 Å². The fourth-order valence-corrected chi connectivity index (χ4v) is 10.1. The van der Waals surface area contributed by atoms with Crippen LogP contribution in [-0.2, 0) is 0 Å². The van der Waals surface area contributed by atoms with Crippen LogP contribution < -0.4 is 0 Å². The topological polar surface area (TPSA) is 35.6 Å². The maximum Gasteiger partial charge on any atom is 0.161 e. The van der Waals surface area contributed by atoms with E-state index in [1.165, 1.54) is 63.8 Å². The first-order valence-electron chi connectivity index (χ1n) is 19.3. The molecule has 4 nitrogen and oxygen atoms in total. The SMILES string of the molecule is c1ccc(-c2cc(-c3ccccc3)nc(-c3cccc4sc5c(-n6c7ccccc7c7ccc8c9ccccc9n(-c9ccccc9)c8c76)cccc5c34)n2)cc1. The number of hydrogen-bond donors (Lipinski definition) is 0. The third-order valence-corrected chi connectivity index (χ3v) is 12.5. The predicted molar refractivity (Wildman–Crippen MR) is 240 cm³/mol. The lowest BCUT2D eigenvalue weighted by Gasteiger charge is -2.13. The Bertz CT molecular complexity index is 3450. The van der Waals surface area contributed by atoms with E-state index in [9.17, 15) is 0 Å². The molecule has 4 heterocycles. The van der Waals surface area contributed by atoms with Crippen molar-refractivity contribution in [2.75, 3.05) is 0 Å². The summed E-state index contributed by atoms with van der Waals surface area (Å²) < 4.78 is 7.40. The van der Waals surface area contributed by atoms with Gasteiger partial charge in [-0.1, -0.05) is 152 Å². The number of aromatic nitrogens is 4. The Morgan fingerprint density at radius 2 is 0.930 bits per heavy atom. The number of para-hydroxylation sites is 3. The molecule has 0 spiro atoms. The van der Waals surface area contributed by atoms with Gasteiger partial charge in [-0.25, -0.2) is 9.97 Å². The highest BCUT2D eigenvalue weighted by Crippen LogP contribution is 2.46. The summed E-state index contributed by atoms with van der Waals surface area (Å²) in [4.78, 5) is 10.5. The monoisotopic (exact) mass is 744 g/mol. The van der Waals surface area contributed by atoms with Crippen LogP contribution in [-0.4, -0.2) is 19.1 Å². The highest BCUT2D eigenvalue weighted by molar-refractivity contribution is 7.26. The van der Waals surface area contributed by atoms with Gasteiger partial charge in [-0.2, -0.15) is 0 Å². The zero-order chi connectivity index (χ0) is 37.5. The van der Waals surface area contributed by atoms with Crippen LogP contribution in [0.15, 0.2) is 194 Å². The van der Waals surface area contributed by atoms with Gasteiger partial charge in [0, 0.05) is 59.4 Å². The van der Waals surface area contributed by atoms with Gasteiger partial charge in [0.05, 0.1) is 43.8 Å². The number of fused-ring (bicyclic) bond motifs is 10. The largest absolute Gasteiger partial charge is 0.307 e. The lowest BCUT2D eigenvalue weighted by Crippen LogP contribution is -1.98. The fourth-order valence-electron chi connectivity index (χ4n) is 8.87. The van der Waals surface area contributed by atoms with Gasteiger partial charge < -0.3 is 9.13 Å². The van der Waals surface area contributed by atoms with Gasteiger partial charge in [0.2, 0.25) is 0 Å². The summed E-state index contributed by atoms with van der Waals surface area (Å²) in [5.74, 6) is 0.719. The molecule has 12 aromatic rings. The fraction of sp³-hybridized carbons (Fsp3) is 0. The molecule has 0 amide bonds. The molecule has 266 valence electrons. The Morgan fingerprint density at radius 1 is 0.404 bits per heavy atom. The summed E-state index contributed by atoms with van der Waals surface area (Å²) in [5, 5.41) is 7.32. The summed E-state index contributed by atoms with van der Waals surface area (Å²) in [6, 6.07) is 69.3. The van der Waals surface area contributed by atoms with Crippen LogP contribution in [0.1, 0.15) is 0 Å². The Morgan fingerprint density at radius 3 is 1.58 bits per heavy atom. The molecule has 8 aromatic carbocycles. The molecule has 0 saturated carbocycles. The van der Waals surface area contributed by atoms with Crippen molar-refractivity contribution >= 4 is 75.1 Å². The van der Waals surface area contributed by atoms with Crippen LogP contribution in [0.25, 0.3) is 109 Å². The normalized spacial score (nSPS) is 11.9. The van der Waals surface area contributed by atoms with E-state index in [1.54, 1.807) is 0 Å². The molecule has 5 heteroatoms. The van der Waals surface area contributed by atoms with Crippen molar-refractivity contribution in [3.63, 3.8) is 0 Å². The summed E-state index contributed by atoms with van der Waals surface area (Å²) in [6.45, 7) is 0. The van der Waals surface area contributed by atoms with Crippen molar-refractivity contribution in [2.24, 2.45) is 0 Å². The molecule has 0 radical (unpaired) electrons. The molecule has 0 aliphatic carbocycles. The number of hydrogen-bond acceptors (Lipinski definition) is 3. The first-order chi connectivity index (χ1) is 28.3. The second-order valence-corrected chi connectivity index (χ2v) is 15.6. The molecule has 57 heavy (non-hydrogen) atoms. The Hall–Kier alpha value is -7.34. The van der Waals surface area contributed by atoms with Crippen LogP contribution in [0.5, 0.6) is 0 Å². The highest BCUT2D eigenvalue weighted by atomic mass is 32.1. The van der Waals surface area contributed by atoms with Crippen LogP contribution in [0.4, 0.5) is 0 Å². The van der Waals surface area contributed by atoms with E-state index < -0.39 is 0 Å². The van der Waals surface area contributed by atoms with E-state index in [2.05, 4.69) is 191 Å². The number of benzene rings is 8. The smallest absolute Gasteiger partial charge is 0.161 e. The Kier molecular flexibility index (Phi) is 7.06. The predicted octanol–water partition coefficient (Wildman–Crippen LogP) is 14.0. The van der Waals surface area contributed by atoms with Crippen molar-refractivity contribution in [1.82, 2.24) is 19.1 Å². The molecule has 0 bridgehead atoms. The molecule has 0 N–H and O–H groups in total. The molecule has 0 atom stereocenters. The molecular weight excluding hydrogens is 713 g/mol. The molecule has 4 aromatic heterocycles. The molecule has 0 fully saturated rings. The van der Waals surface area contributed by atoms with E-state index in [-0.39, 0.29) is 0 Å². The summed E-state index contributed by atoms with van der Waals surface area (Å²) in [5.41, 5.74) is 12.0. The van der Waals surface area contributed by atoms with Gasteiger partial charge in [-0.05, 0) is 42.5 Å². The number of rotatable bonds is 5. The van der Waals surface area contributed by atoms with Crippen LogP contribution in [0.3, 0.4) is 0 Å². The third kappa shape index (κ3) is 4.86. The Labute approximate surface area is 332 Å². The lowest BCUT2D eigenvalue weighted by molar-refractivity contribution is 1.16. The first kappa shape index (κ1) is 32.0. The zero-order valence-electron chi connectivity index (χ0n) is 30.7. The van der Waals surface area contributed by atoms with Gasteiger partial charge in [0.25, 0.3) is 0 Å². The van der Waals surface area contributed by atoms with Gasteiger partial charge >= 0.3 is 0 Å². The highest BCUT2D eigenvalue weighted by Gasteiger charge is 2.23. The molecule has 0 saturated heterocycles. The number of nitrogens with zero attached hydrogens (tertiary/aromatic N) is 4. The molecular formula is C52H32N4S. The molecule has 0 unspecified atom stereocenters. The van der Waals surface area contributed by atoms with Gasteiger partial charge in [-0.3, -0.25) is 0 Å². The van der Waals surface area contributed by atoms with Crippen LogP contribution in [0, 0.1) is 0 Å². The van der Waals surface area contributed by atoms with Gasteiger partial charge in [0.1, 0.15) is 0 Å². The standard InChI is InChI=1S/C52H32N4S/c1-4-16-33(17-5-1)42-32-43(34-18-6-2-7-19-34)54-52(53-42)41-25-15-29-47-48(41)40-24-14-28-46(51(40)57-47)56-45-27-13-11-23-37(45)39-31-30-38-36-22-10-12-26-44(36)55(49(38)50(39)56)35-20-8-3-9-21-35/h1-32H. The van der Waals surface area contributed by atoms with Gasteiger partial charge in [-0.15, -0.1) is 11.3 Å². The van der Waals surface area contributed by atoms with Crippen molar-refractivity contribution in [1.29, 1.82) is 0 Å². The quantitative estimate of drug-likeness (QED) is 0.176. The first-order valence-corrected chi connectivity index (χ1v) is 20.1. The Balaban J connectivity index is 1.17. The van der Waals surface area contributed by atoms with Gasteiger partial charge in [0.15, 0.2) is 5.82 Å². The average molecular weight is 745 g/mol. The third-order valence-electron chi connectivity index (χ3n) is 11.3. The minimum absolute atomic E-state index is 0.719. The van der Waals surface area contributed by atoms with Crippen molar-refractivity contribution in [3.8, 4) is 45.3 Å². The van der Waals surface area contributed by atoms with Crippen LogP contribution in [0.2, 0.25) is 0 Å². The van der Waals surface area contributed by atoms with Crippen molar-refractivity contribution in [3.05, 3.63) is 194 Å². The van der Waals surface area contributed by atoms with E-state index in [1.807, 2.05) is 23.5 Å². The molecule has 0 aliphatic heterocycles. The molecule has 12 rings (SSSR count). The summed E-state index contributed by atoms with van der Waals surface area (Å²) >= 11 is 1.84. The number of thiophene rings is 1. The summed E-state index contributed by atoms with van der Waals surface area (Å²) in [6.07, 6.45) is 0. The van der Waals surface area contributed by atoms with E-state index in [4.69, 9.17) is 9.97 Å². The van der Waals surface area contributed by atoms with Crippen molar-refractivity contribution < 1.29 is 0 Å². The molecule has 0 aliphatic rings. The minimum Gasteiger partial charge on any atom is -0.307 e. The van der Waals surface area contributed by atoms with E-state index in [0.717, 1.165) is 45.3 Å². The maximum absolute atomic E-state index is 5.27. The minimum atomic E-state index is 0.719. The average Bonchev–Trinajstić information content (AvgIpc) is 3.95. The second-order valence-electron chi connectivity index (χ2n) is 14.5. The maximum atomic E-state index is 5.27. The lowest BCUT2D eigenvalue weighted by atomic mass is 10.0. The zero-order valence-corrected chi connectivity index (χ0v) is 31.5. The van der Waals surface area contributed by atoms with E-state index in [0.29, 0.717) is 0 Å². The summed E-state index contributed by atoms with van der Waals surface area (Å²) in [7, 11) is 0. The second kappa shape index (κ2) is 12.6.